The summed E-state index contributed by atoms with van der Waals surface area (Å²) in [5.74, 6) is 0.00441. The zero-order valence-electron chi connectivity index (χ0n) is 8.47. The van der Waals surface area contributed by atoms with E-state index in [4.69, 9.17) is 11.6 Å². The normalized spacial score (nSPS) is 20.5. The van der Waals surface area contributed by atoms with Gasteiger partial charge >= 0.3 is 0 Å². The van der Waals surface area contributed by atoms with Crippen LogP contribution in [-0.2, 0) is 9.59 Å². The minimum Gasteiger partial charge on any atom is -0.288 e. The number of hydrogen-bond acceptors (Lipinski definition) is 5. The molecule has 0 spiro atoms. The topological polar surface area (TPSA) is 50.3 Å². The van der Waals surface area contributed by atoms with E-state index in [1.165, 1.54) is 36.2 Å². The number of carbonyl (C=O) groups is 2. The summed E-state index contributed by atoms with van der Waals surface area (Å²) < 4.78 is 0.561. The Labute approximate surface area is 106 Å². The number of rotatable bonds is 2. The molecule has 0 aromatic carbocycles. The van der Waals surface area contributed by atoms with E-state index in [2.05, 4.69) is 4.98 Å². The molecule has 1 fully saturated rings. The quantitative estimate of drug-likeness (QED) is 0.831. The highest BCUT2D eigenvalue weighted by molar-refractivity contribution is 8.14. The molecule has 4 nitrogen and oxygen atoms in total. The Morgan fingerprint density at radius 3 is 3.06 bits per heavy atom. The van der Waals surface area contributed by atoms with Crippen LogP contribution in [0.15, 0.2) is 6.20 Å². The van der Waals surface area contributed by atoms with Crippen LogP contribution < -0.4 is 4.90 Å². The van der Waals surface area contributed by atoms with Crippen LogP contribution in [0.4, 0.5) is 5.13 Å². The molecule has 0 N–H and O–H groups in total. The van der Waals surface area contributed by atoms with E-state index in [-0.39, 0.29) is 16.3 Å². The van der Waals surface area contributed by atoms with Gasteiger partial charge < -0.3 is 0 Å². The second-order valence-electron chi connectivity index (χ2n) is 3.39. The molecule has 1 aliphatic heterocycles. The first kappa shape index (κ1) is 11.9. The molecule has 1 unspecified atom stereocenters. The minimum absolute atomic E-state index is 0.00441. The van der Waals surface area contributed by atoms with Gasteiger partial charge in [-0.3, -0.25) is 14.5 Å². The Kier molecular flexibility index (Phi) is 3.51. The molecule has 1 aromatic rings. The van der Waals surface area contributed by atoms with Crippen molar-refractivity contribution in [2.45, 2.75) is 18.6 Å². The van der Waals surface area contributed by atoms with E-state index < -0.39 is 0 Å². The lowest BCUT2D eigenvalue weighted by atomic mass is 10.4. The number of thiazole rings is 1. The van der Waals surface area contributed by atoms with Gasteiger partial charge in [0.25, 0.3) is 0 Å². The molecule has 1 atom stereocenters. The van der Waals surface area contributed by atoms with E-state index >= 15 is 0 Å². The Morgan fingerprint density at radius 2 is 2.50 bits per heavy atom. The van der Waals surface area contributed by atoms with Crippen LogP contribution in [0.1, 0.15) is 13.3 Å². The maximum Gasteiger partial charge on any atom is 0.230 e. The van der Waals surface area contributed by atoms with Crippen molar-refractivity contribution in [2.24, 2.45) is 0 Å². The van der Waals surface area contributed by atoms with E-state index in [0.717, 1.165) is 0 Å². The Morgan fingerprint density at radius 1 is 1.75 bits per heavy atom. The third-order valence-electron chi connectivity index (χ3n) is 2.12. The lowest BCUT2D eigenvalue weighted by molar-refractivity contribution is -0.117. The van der Waals surface area contributed by atoms with Gasteiger partial charge in [-0.05, 0) is 0 Å². The van der Waals surface area contributed by atoms with Crippen LogP contribution in [0.3, 0.4) is 0 Å². The van der Waals surface area contributed by atoms with Gasteiger partial charge in [0.1, 0.15) is 4.34 Å². The molecule has 1 aliphatic rings. The highest BCUT2D eigenvalue weighted by Crippen LogP contribution is 2.32. The third-order valence-corrected chi connectivity index (χ3v) is 4.24. The standard InChI is InChI=1S/C9H9ClN2O2S2/c1-5(13)15-6-2-8(14)12(4-6)9-11-3-7(10)16-9/h3,6H,2,4H2,1H3. The van der Waals surface area contributed by atoms with Gasteiger partial charge in [-0.2, -0.15) is 0 Å². The van der Waals surface area contributed by atoms with Gasteiger partial charge in [-0.1, -0.05) is 34.7 Å². The first-order chi connectivity index (χ1) is 7.56. The van der Waals surface area contributed by atoms with Gasteiger partial charge in [0.05, 0.1) is 6.20 Å². The summed E-state index contributed by atoms with van der Waals surface area (Å²) in [5.41, 5.74) is 0. The molecule has 2 heterocycles. The molecular formula is C9H9ClN2O2S2. The Bertz CT molecular complexity index is 435. The second kappa shape index (κ2) is 4.73. The Hall–Kier alpha value is -0.590. The number of carbonyl (C=O) groups excluding carboxylic acids is 2. The van der Waals surface area contributed by atoms with Crippen molar-refractivity contribution in [1.82, 2.24) is 4.98 Å². The summed E-state index contributed by atoms with van der Waals surface area (Å²) in [6, 6.07) is 0. The first-order valence-corrected chi connectivity index (χ1v) is 6.72. The van der Waals surface area contributed by atoms with Gasteiger partial charge in [-0.25, -0.2) is 4.98 Å². The fraction of sp³-hybridized carbons (Fsp3) is 0.444. The van der Waals surface area contributed by atoms with Crippen molar-refractivity contribution in [1.29, 1.82) is 0 Å². The van der Waals surface area contributed by atoms with Crippen LogP contribution in [0.25, 0.3) is 0 Å². The van der Waals surface area contributed by atoms with Crippen LogP contribution in [0, 0.1) is 0 Å². The number of hydrogen-bond donors (Lipinski definition) is 0. The maximum atomic E-state index is 11.7. The van der Waals surface area contributed by atoms with Gasteiger partial charge in [0.15, 0.2) is 10.2 Å². The summed E-state index contributed by atoms with van der Waals surface area (Å²) in [5, 5.41) is 0.686. The highest BCUT2D eigenvalue weighted by Gasteiger charge is 2.33. The predicted octanol–water partition coefficient (Wildman–Crippen LogP) is 2.18. The van der Waals surface area contributed by atoms with Crippen molar-refractivity contribution < 1.29 is 9.59 Å². The molecule has 1 aromatic heterocycles. The monoisotopic (exact) mass is 276 g/mol. The summed E-state index contributed by atoms with van der Waals surface area (Å²) in [6.07, 6.45) is 1.92. The van der Waals surface area contributed by atoms with Crippen molar-refractivity contribution >= 4 is 50.9 Å². The fourth-order valence-corrected chi connectivity index (χ4v) is 3.39. The average molecular weight is 277 g/mol. The fourth-order valence-electron chi connectivity index (χ4n) is 1.54. The largest absolute Gasteiger partial charge is 0.288 e. The molecule has 1 saturated heterocycles. The van der Waals surface area contributed by atoms with Crippen molar-refractivity contribution in [3.05, 3.63) is 10.5 Å². The number of thioether (sulfide) groups is 1. The first-order valence-electron chi connectivity index (χ1n) is 4.65. The SMILES string of the molecule is CC(=O)SC1CC(=O)N(c2ncc(Cl)s2)C1. The lowest BCUT2D eigenvalue weighted by Crippen LogP contribution is -2.24. The van der Waals surface area contributed by atoms with E-state index in [1.54, 1.807) is 4.90 Å². The summed E-state index contributed by atoms with van der Waals surface area (Å²) >= 11 is 8.25. The van der Waals surface area contributed by atoms with Gasteiger partial charge in [0.2, 0.25) is 5.91 Å². The number of nitrogens with zero attached hydrogens (tertiary/aromatic N) is 2. The third kappa shape index (κ3) is 2.56. The summed E-state index contributed by atoms with van der Waals surface area (Å²) in [4.78, 5) is 28.3. The zero-order valence-corrected chi connectivity index (χ0v) is 10.9. The van der Waals surface area contributed by atoms with Gasteiger partial charge in [0, 0.05) is 25.1 Å². The van der Waals surface area contributed by atoms with E-state index in [9.17, 15) is 9.59 Å². The van der Waals surface area contributed by atoms with Crippen LogP contribution in [0.5, 0.6) is 0 Å². The van der Waals surface area contributed by atoms with Crippen LogP contribution in [0.2, 0.25) is 4.34 Å². The molecule has 1 amide bonds. The molecule has 2 rings (SSSR count). The Balaban J connectivity index is 2.08. The maximum absolute atomic E-state index is 11.7. The molecule has 0 bridgehead atoms. The van der Waals surface area contributed by atoms with Crippen LogP contribution >= 0.6 is 34.7 Å². The average Bonchev–Trinajstić information content (AvgIpc) is 2.72. The lowest BCUT2D eigenvalue weighted by Gasteiger charge is -2.11. The van der Waals surface area contributed by atoms with Crippen molar-refractivity contribution in [3.63, 3.8) is 0 Å². The molecule has 0 aliphatic carbocycles. The van der Waals surface area contributed by atoms with E-state index in [1.807, 2.05) is 0 Å². The second-order valence-corrected chi connectivity index (χ2v) is 6.50. The molecule has 86 valence electrons. The summed E-state index contributed by atoms with van der Waals surface area (Å²) in [6.45, 7) is 2.05. The zero-order chi connectivity index (χ0) is 11.7. The van der Waals surface area contributed by atoms with Crippen molar-refractivity contribution in [3.8, 4) is 0 Å². The molecule has 0 radical (unpaired) electrons. The van der Waals surface area contributed by atoms with Gasteiger partial charge in [-0.15, -0.1) is 0 Å². The molecule has 16 heavy (non-hydrogen) atoms. The number of amides is 1. The number of aromatic nitrogens is 1. The highest BCUT2D eigenvalue weighted by atomic mass is 35.5. The minimum atomic E-state index is 0.00441. The summed E-state index contributed by atoms with van der Waals surface area (Å²) in [7, 11) is 0. The van der Waals surface area contributed by atoms with Crippen molar-refractivity contribution in [2.75, 3.05) is 11.4 Å². The predicted molar refractivity (Wildman–Crippen MR) is 66.2 cm³/mol. The van der Waals surface area contributed by atoms with E-state index in [0.29, 0.717) is 22.4 Å². The molecular weight excluding hydrogens is 268 g/mol. The number of halogens is 1. The number of anilines is 1. The smallest absolute Gasteiger partial charge is 0.230 e. The molecule has 7 heteroatoms. The van der Waals surface area contributed by atoms with Crippen LogP contribution in [-0.4, -0.2) is 27.8 Å². The molecule has 0 saturated carbocycles.